The summed E-state index contributed by atoms with van der Waals surface area (Å²) in [5, 5.41) is 2.80. The van der Waals surface area contributed by atoms with Gasteiger partial charge in [0.2, 0.25) is 0 Å². The van der Waals surface area contributed by atoms with Crippen molar-refractivity contribution >= 4 is 5.91 Å². The Bertz CT molecular complexity index is 670. The number of ether oxygens (including phenoxy) is 3. The third-order valence-corrected chi connectivity index (χ3v) is 3.72. The van der Waals surface area contributed by atoms with E-state index in [1.165, 1.54) is 5.56 Å². The van der Waals surface area contributed by atoms with Crippen LogP contribution in [0.1, 0.15) is 19.4 Å². The lowest BCUT2D eigenvalue weighted by Crippen LogP contribution is -2.38. The van der Waals surface area contributed by atoms with Gasteiger partial charge >= 0.3 is 0 Å². The van der Waals surface area contributed by atoms with E-state index < -0.39 is 6.10 Å². The molecule has 0 unspecified atom stereocenters. The standard InChI is InChI=1S/C20H25NO4/c1-4-16-8-10-17(11-9-16)24-13-12-21-20(22)15(2)25-19-7-5-6-18(14-19)23-3/h5-11,14-15H,4,12-13H2,1-3H3,(H,21,22)/t15-/m1/s1. The molecular formula is C20H25NO4. The molecule has 1 N–H and O–H groups in total. The average molecular weight is 343 g/mol. The predicted molar refractivity (Wildman–Crippen MR) is 97.4 cm³/mol. The highest BCUT2D eigenvalue weighted by Crippen LogP contribution is 2.20. The van der Waals surface area contributed by atoms with E-state index in [0.717, 1.165) is 12.2 Å². The summed E-state index contributed by atoms with van der Waals surface area (Å²) in [4.78, 5) is 12.1. The van der Waals surface area contributed by atoms with Gasteiger partial charge in [-0.25, -0.2) is 0 Å². The number of carbonyl (C=O) groups excluding carboxylic acids is 1. The number of carbonyl (C=O) groups is 1. The van der Waals surface area contributed by atoms with Gasteiger partial charge in [0.1, 0.15) is 23.9 Å². The Labute approximate surface area is 148 Å². The van der Waals surface area contributed by atoms with Crippen molar-refractivity contribution < 1.29 is 19.0 Å². The van der Waals surface area contributed by atoms with Crippen molar-refractivity contribution in [2.75, 3.05) is 20.3 Å². The lowest BCUT2D eigenvalue weighted by atomic mass is 10.2. The van der Waals surface area contributed by atoms with Gasteiger partial charge in [0.05, 0.1) is 13.7 Å². The van der Waals surface area contributed by atoms with Crippen LogP contribution in [0.15, 0.2) is 48.5 Å². The zero-order valence-corrected chi connectivity index (χ0v) is 15.0. The first kappa shape index (κ1) is 18.6. The largest absolute Gasteiger partial charge is 0.497 e. The first-order valence-corrected chi connectivity index (χ1v) is 8.42. The molecule has 0 aliphatic carbocycles. The highest BCUT2D eigenvalue weighted by atomic mass is 16.5. The van der Waals surface area contributed by atoms with E-state index in [-0.39, 0.29) is 5.91 Å². The van der Waals surface area contributed by atoms with Crippen LogP contribution in [-0.2, 0) is 11.2 Å². The zero-order valence-electron chi connectivity index (χ0n) is 15.0. The molecule has 0 saturated carbocycles. The quantitative estimate of drug-likeness (QED) is 0.710. The zero-order chi connectivity index (χ0) is 18.1. The molecule has 0 radical (unpaired) electrons. The van der Waals surface area contributed by atoms with Gasteiger partial charge < -0.3 is 19.5 Å². The third kappa shape index (κ3) is 6.03. The highest BCUT2D eigenvalue weighted by Gasteiger charge is 2.14. The van der Waals surface area contributed by atoms with Crippen molar-refractivity contribution in [1.29, 1.82) is 0 Å². The van der Waals surface area contributed by atoms with Crippen molar-refractivity contribution in [3.8, 4) is 17.2 Å². The summed E-state index contributed by atoms with van der Waals surface area (Å²) < 4.78 is 16.4. The highest BCUT2D eigenvalue weighted by molar-refractivity contribution is 5.80. The summed E-state index contributed by atoms with van der Waals surface area (Å²) in [5.74, 6) is 1.89. The van der Waals surface area contributed by atoms with E-state index in [2.05, 4.69) is 12.2 Å². The van der Waals surface area contributed by atoms with E-state index in [9.17, 15) is 4.79 Å². The fourth-order valence-corrected chi connectivity index (χ4v) is 2.24. The van der Waals surface area contributed by atoms with Gasteiger partial charge in [-0.05, 0) is 43.2 Å². The molecule has 2 aromatic rings. The molecule has 5 nitrogen and oxygen atoms in total. The third-order valence-electron chi connectivity index (χ3n) is 3.72. The Morgan fingerprint density at radius 1 is 1.08 bits per heavy atom. The van der Waals surface area contributed by atoms with Crippen LogP contribution in [-0.4, -0.2) is 32.3 Å². The number of hydrogen-bond acceptors (Lipinski definition) is 4. The monoisotopic (exact) mass is 343 g/mol. The normalized spacial score (nSPS) is 11.5. The smallest absolute Gasteiger partial charge is 0.260 e. The van der Waals surface area contributed by atoms with Crippen LogP contribution >= 0.6 is 0 Å². The van der Waals surface area contributed by atoms with Crippen molar-refractivity contribution in [3.63, 3.8) is 0 Å². The number of benzene rings is 2. The predicted octanol–water partition coefficient (Wildman–Crippen LogP) is 3.22. The van der Waals surface area contributed by atoms with Crippen molar-refractivity contribution in [2.24, 2.45) is 0 Å². The van der Waals surface area contributed by atoms with Gasteiger partial charge in [-0.3, -0.25) is 4.79 Å². The van der Waals surface area contributed by atoms with Crippen molar-refractivity contribution in [1.82, 2.24) is 5.32 Å². The number of methoxy groups -OCH3 is 1. The molecule has 0 heterocycles. The second kappa shape index (κ2) is 9.57. The Morgan fingerprint density at radius 2 is 1.80 bits per heavy atom. The number of amides is 1. The van der Waals surface area contributed by atoms with E-state index >= 15 is 0 Å². The minimum Gasteiger partial charge on any atom is -0.497 e. The maximum absolute atomic E-state index is 12.1. The summed E-state index contributed by atoms with van der Waals surface area (Å²) in [6, 6.07) is 15.1. The Kier molecular flexibility index (Phi) is 7.14. The van der Waals surface area contributed by atoms with E-state index in [1.807, 2.05) is 36.4 Å². The summed E-state index contributed by atoms with van der Waals surface area (Å²) in [6.45, 7) is 4.64. The van der Waals surface area contributed by atoms with Crippen LogP contribution in [0.5, 0.6) is 17.2 Å². The molecule has 5 heteroatoms. The first-order valence-electron chi connectivity index (χ1n) is 8.42. The Hall–Kier alpha value is -2.69. The van der Waals surface area contributed by atoms with Gasteiger partial charge in [-0.15, -0.1) is 0 Å². The van der Waals surface area contributed by atoms with Crippen LogP contribution < -0.4 is 19.5 Å². The molecule has 25 heavy (non-hydrogen) atoms. The topological polar surface area (TPSA) is 56.8 Å². The fourth-order valence-electron chi connectivity index (χ4n) is 2.24. The van der Waals surface area contributed by atoms with E-state index in [0.29, 0.717) is 24.7 Å². The van der Waals surface area contributed by atoms with Gasteiger partial charge in [-0.1, -0.05) is 25.1 Å². The van der Waals surface area contributed by atoms with Crippen LogP contribution in [0, 0.1) is 0 Å². The van der Waals surface area contributed by atoms with Crippen molar-refractivity contribution in [3.05, 3.63) is 54.1 Å². The molecule has 0 spiro atoms. The SMILES string of the molecule is CCc1ccc(OCCNC(=O)[C@@H](C)Oc2cccc(OC)c2)cc1. The Balaban J connectivity index is 1.71. The molecule has 0 saturated heterocycles. The van der Waals surface area contributed by atoms with Gasteiger partial charge in [0.25, 0.3) is 5.91 Å². The number of rotatable bonds is 9. The van der Waals surface area contributed by atoms with Crippen LogP contribution in [0.25, 0.3) is 0 Å². The first-order chi connectivity index (χ1) is 12.1. The molecule has 2 aromatic carbocycles. The summed E-state index contributed by atoms with van der Waals surface area (Å²) >= 11 is 0. The van der Waals surface area contributed by atoms with Gasteiger partial charge in [0, 0.05) is 6.07 Å². The summed E-state index contributed by atoms with van der Waals surface area (Å²) in [5.41, 5.74) is 1.27. The molecule has 0 aliphatic rings. The average Bonchev–Trinajstić information content (AvgIpc) is 2.65. The molecule has 2 rings (SSSR count). The van der Waals surface area contributed by atoms with Gasteiger partial charge in [-0.2, -0.15) is 0 Å². The maximum Gasteiger partial charge on any atom is 0.260 e. The maximum atomic E-state index is 12.1. The lowest BCUT2D eigenvalue weighted by molar-refractivity contribution is -0.127. The van der Waals surface area contributed by atoms with Crippen LogP contribution in [0.4, 0.5) is 0 Å². The molecular weight excluding hydrogens is 318 g/mol. The molecule has 0 aromatic heterocycles. The Morgan fingerprint density at radius 3 is 2.48 bits per heavy atom. The molecule has 0 bridgehead atoms. The molecule has 134 valence electrons. The van der Waals surface area contributed by atoms with Crippen molar-refractivity contribution in [2.45, 2.75) is 26.4 Å². The summed E-state index contributed by atoms with van der Waals surface area (Å²) in [6.07, 6.45) is 0.401. The second-order valence-electron chi connectivity index (χ2n) is 5.58. The number of nitrogens with one attached hydrogen (secondary N) is 1. The number of hydrogen-bond donors (Lipinski definition) is 1. The fraction of sp³-hybridized carbons (Fsp3) is 0.350. The molecule has 1 amide bonds. The van der Waals surface area contributed by atoms with E-state index in [4.69, 9.17) is 14.2 Å². The minimum atomic E-state index is -0.601. The van der Waals surface area contributed by atoms with Crippen LogP contribution in [0.3, 0.4) is 0 Å². The van der Waals surface area contributed by atoms with Gasteiger partial charge in [0.15, 0.2) is 6.10 Å². The second-order valence-corrected chi connectivity index (χ2v) is 5.58. The lowest BCUT2D eigenvalue weighted by Gasteiger charge is -2.15. The van der Waals surface area contributed by atoms with Crippen LogP contribution in [0.2, 0.25) is 0 Å². The summed E-state index contributed by atoms with van der Waals surface area (Å²) in [7, 11) is 1.59. The number of aryl methyl sites for hydroxylation is 1. The van der Waals surface area contributed by atoms with E-state index in [1.54, 1.807) is 26.2 Å². The molecule has 0 fully saturated rings. The minimum absolute atomic E-state index is 0.187. The molecule has 1 atom stereocenters. The molecule has 0 aliphatic heterocycles.